The van der Waals surface area contributed by atoms with Gasteiger partial charge in [0, 0.05) is 6.54 Å². The van der Waals surface area contributed by atoms with Crippen molar-refractivity contribution in [2.75, 3.05) is 6.61 Å². The lowest BCUT2D eigenvalue weighted by Gasteiger charge is -2.44. The van der Waals surface area contributed by atoms with Gasteiger partial charge in [-0.1, -0.05) is 43.7 Å². The molecule has 1 fully saturated rings. The summed E-state index contributed by atoms with van der Waals surface area (Å²) in [5.41, 5.74) is 0.618. The molecule has 1 aliphatic heterocycles. The molecule has 2 atom stereocenters. The summed E-state index contributed by atoms with van der Waals surface area (Å²) in [6.07, 6.45) is 1.89. The molecule has 22 heavy (non-hydrogen) atoms. The van der Waals surface area contributed by atoms with Crippen LogP contribution in [0.15, 0.2) is 30.3 Å². The van der Waals surface area contributed by atoms with Crippen LogP contribution in [-0.4, -0.2) is 35.3 Å². The molecule has 1 amide bonds. The van der Waals surface area contributed by atoms with Gasteiger partial charge in [-0.05, 0) is 32.8 Å². The van der Waals surface area contributed by atoms with Crippen LogP contribution in [0.2, 0.25) is 0 Å². The number of carbonyl (C=O) groups excluding carboxylic acids is 1. The van der Waals surface area contributed by atoms with Gasteiger partial charge >= 0.3 is 6.09 Å². The molecule has 0 unspecified atom stereocenters. The Morgan fingerprint density at radius 3 is 2.50 bits per heavy atom. The van der Waals surface area contributed by atoms with Gasteiger partial charge in [0.2, 0.25) is 0 Å². The molecule has 1 saturated heterocycles. The van der Waals surface area contributed by atoms with Crippen molar-refractivity contribution in [3.63, 3.8) is 0 Å². The molecule has 4 nitrogen and oxygen atoms in total. The highest BCUT2D eigenvalue weighted by atomic mass is 16.6. The quantitative estimate of drug-likeness (QED) is 0.825. The van der Waals surface area contributed by atoms with Crippen molar-refractivity contribution in [3.8, 4) is 0 Å². The third-order valence-electron chi connectivity index (χ3n) is 3.71. The molecule has 1 aromatic rings. The van der Waals surface area contributed by atoms with E-state index in [-0.39, 0.29) is 18.2 Å². The fraction of sp³-hybridized carbons (Fsp3) is 0.611. The first kappa shape index (κ1) is 16.8. The molecule has 4 heteroatoms. The lowest BCUT2D eigenvalue weighted by atomic mass is 10.00. The summed E-state index contributed by atoms with van der Waals surface area (Å²) < 4.78 is 11.2. The molecule has 2 rings (SSSR count). The van der Waals surface area contributed by atoms with Gasteiger partial charge in [0.15, 0.2) is 0 Å². The van der Waals surface area contributed by atoms with E-state index in [4.69, 9.17) is 9.47 Å². The molecule has 1 heterocycles. The zero-order chi connectivity index (χ0) is 16.2. The number of carbonyl (C=O) groups is 1. The van der Waals surface area contributed by atoms with Crippen molar-refractivity contribution in [1.82, 2.24) is 4.90 Å². The van der Waals surface area contributed by atoms with Gasteiger partial charge in [-0.25, -0.2) is 4.79 Å². The van der Waals surface area contributed by atoms with Crippen LogP contribution in [-0.2, 0) is 16.0 Å². The van der Waals surface area contributed by atoms with Crippen LogP contribution in [0, 0.1) is 0 Å². The maximum absolute atomic E-state index is 12.6. The Morgan fingerprint density at radius 2 is 2.00 bits per heavy atom. The van der Waals surface area contributed by atoms with Crippen LogP contribution in [0.4, 0.5) is 4.79 Å². The number of amides is 1. The molecule has 0 aliphatic carbocycles. The third kappa shape index (κ3) is 4.47. The standard InChI is InChI=1S/C18H27NO3/c1-5-9-16-15(13-21-16)19(17(20)22-18(2,3)4)12-14-10-7-6-8-11-14/h6-8,10-11,15-16H,5,9,12-13H2,1-4H3/t15-,16-/m0/s1. The molecular weight excluding hydrogens is 278 g/mol. The van der Waals surface area contributed by atoms with Crippen LogP contribution < -0.4 is 0 Å². The number of hydrogen-bond acceptors (Lipinski definition) is 3. The smallest absolute Gasteiger partial charge is 0.411 e. The molecule has 1 aliphatic rings. The number of nitrogens with zero attached hydrogens (tertiary/aromatic N) is 1. The van der Waals surface area contributed by atoms with Crippen LogP contribution in [0.25, 0.3) is 0 Å². The SMILES string of the molecule is CCC[C@@H]1OC[C@@H]1N(Cc1ccccc1)C(=O)OC(C)(C)C. The van der Waals surface area contributed by atoms with Crippen LogP contribution in [0.5, 0.6) is 0 Å². The minimum Gasteiger partial charge on any atom is -0.444 e. The van der Waals surface area contributed by atoms with Gasteiger partial charge in [-0.3, -0.25) is 4.90 Å². The Balaban J connectivity index is 2.12. The first-order valence-electron chi connectivity index (χ1n) is 8.06. The normalized spacial score (nSPS) is 21.1. The summed E-state index contributed by atoms with van der Waals surface area (Å²) in [5, 5.41) is 0. The molecule has 0 saturated carbocycles. The maximum Gasteiger partial charge on any atom is 0.411 e. The minimum atomic E-state index is -0.489. The molecule has 122 valence electrons. The zero-order valence-electron chi connectivity index (χ0n) is 14.0. The average molecular weight is 305 g/mol. The van der Waals surface area contributed by atoms with E-state index < -0.39 is 5.60 Å². The largest absolute Gasteiger partial charge is 0.444 e. The van der Waals surface area contributed by atoms with E-state index in [0.717, 1.165) is 18.4 Å². The average Bonchev–Trinajstić information content (AvgIpc) is 2.42. The second kappa shape index (κ2) is 7.14. The Hall–Kier alpha value is -1.55. The molecule has 0 N–H and O–H groups in total. The monoisotopic (exact) mass is 305 g/mol. The van der Waals surface area contributed by atoms with E-state index in [1.165, 1.54) is 0 Å². The van der Waals surface area contributed by atoms with Gasteiger partial charge in [0.1, 0.15) is 5.60 Å². The summed E-state index contributed by atoms with van der Waals surface area (Å²) in [6.45, 7) is 8.97. The highest BCUT2D eigenvalue weighted by Gasteiger charge is 2.40. The van der Waals surface area contributed by atoms with Crippen LogP contribution in [0.3, 0.4) is 0 Å². The fourth-order valence-electron chi connectivity index (χ4n) is 2.59. The Labute approximate surface area is 133 Å². The summed E-state index contributed by atoms with van der Waals surface area (Å²) in [7, 11) is 0. The number of ether oxygens (including phenoxy) is 2. The maximum atomic E-state index is 12.6. The number of benzene rings is 1. The lowest BCUT2D eigenvalue weighted by Crippen LogP contribution is -2.58. The predicted molar refractivity (Wildman–Crippen MR) is 86.7 cm³/mol. The summed E-state index contributed by atoms with van der Waals surface area (Å²) in [6, 6.07) is 10.1. The van der Waals surface area contributed by atoms with Crippen LogP contribution >= 0.6 is 0 Å². The summed E-state index contributed by atoms with van der Waals surface area (Å²) in [4.78, 5) is 14.4. The van der Waals surface area contributed by atoms with Gasteiger partial charge in [-0.2, -0.15) is 0 Å². The van der Waals surface area contributed by atoms with E-state index in [1.807, 2.05) is 56.0 Å². The minimum absolute atomic E-state index is 0.106. The topological polar surface area (TPSA) is 38.8 Å². The second-order valence-corrected chi connectivity index (χ2v) is 6.82. The van der Waals surface area contributed by atoms with E-state index in [1.54, 1.807) is 0 Å². The third-order valence-corrected chi connectivity index (χ3v) is 3.71. The van der Waals surface area contributed by atoms with Gasteiger partial charge in [0.05, 0.1) is 18.8 Å². The van der Waals surface area contributed by atoms with Crippen molar-refractivity contribution in [3.05, 3.63) is 35.9 Å². The van der Waals surface area contributed by atoms with Crippen molar-refractivity contribution in [2.24, 2.45) is 0 Å². The van der Waals surface area contributed by atoms with Gasteiger partial charge < -0.3 is 9.47 Å². The molecule has 0 spiro atoms. The molecule has 0 radical (unpaired) electrons. The van der Waals surface area contributed by atoms with Gasteiger partial charge in [0.25, 0.3) is 0 Å². The number of hydrogen-bond donors (Lipinski definition) is 0. The highest BCUT2D eigenvalue weighted by Crippen LogP contribution is 2.26. The highest BCUT2D eigenvalue weighted by molar-refractivity contribution is 5.69. The summed E-state index contributed by atoms with van der Waals surface area (Å²) in [5.74, 6) is 0. The molecular formula is C18H27NO3. The van der Waals surface area contributed by atoms with Crippen molar-refractivity contribution in [2.45, 2.75) is 64.8 Å². The number of rotatable bonds is 5. The van der Waals surface area contributed by atoms with Crippen molar-refractivity contribution < 1.29 is 14.3 Å². The first-order valence-corrected chi connectivity index (χ1v) is 8.06. The molecule has 0 aromatic heterocycles. The Morgan fingerprint density at radius 1 is 1.32 bits per heavy atom. The van der Waals surface area contributed by atoms with Crippen LogP contribution in [0.1, 0.15) is 46.1 Å². The van der Waals surface area contributed by atoms with E-state index in [9.17, 15) is 4.79 Å². The molecule has 1 aromatic carbocycles. The van der Waals surface area contributed by atoms with Gasteiger partial charge in [-0.15, -0.1) is 0 Å². The predicted octanol–water partition coefficient (Wildman–Crippen LogP) is 3.99. The Kier molecular flexibility index (Phi) is 5.46. The lowest BCUT2D eigenvalue weighted by molar-refractivity contribution is -0.136. The van der Waals surface area contributed by atoms with E-state index >= 15 is 0 Å². The van der Waals surface area contributed by atoms with Crippen molar-refractivity contribution >= 4 is 6.09 Å². The van der Waals surface area contributed by atoms with Crippen molar-refractivity contribution in [1.29, 1.82) is 0 Å². The molecule has 0 bridgehead atoms. The first-order chi connectivity index (χ1) is 10.4. The second-order valence-electron chi connectivity index (χ2n) is 6.82. The Bertz CT molecular complexity index is 481. The summed E-state index contributed by atoms with van der Waals surface area (Å²) >= 11 is 0. The zero-order valence-corrected chi connectivity index (χ0v) is 14.0. The van der Waals surface area contributed by atoms with E-state index in [2.05, 4.69) is 6.92 Å². The van der Waals surface area contributed by atoms with E-state index in [0.29, 0.717) is 13.2 Å². The fourth-order valence-corrected chi connectivity index (χ4v) is 2.59.